The van der Waals surface area contributed by atoms with Gasteiger partial charge in [0.25, 0.3) is 0 Å². The minimum absolute atomic E-state index is 0.0152. The molecule has 0 spiro atoms. The molecule has 0 heterocycles. The Hall–Kier alpha value is -1.41. The van der Waals surface area contributed by atoms with Gasteiger partial charge in [0.05, 0.1) is 0 Å². The normalized spacial score (nSPS) is 12.4. The molecule has 0 aromatic heterocycles. The SMILES string of the molecule is Cc1ccc(C(CCl)Cc2cccc(F)c2F)cc1. The van der Waals surface area contributed by atoms with Gasteiger partial charge in [0.15, 0.2) is 11.6 Å². The fourth-order valence-electron chi connectivity index (χ4n) is 2.07. The van der Waals surface area contributed by atoms with Crippen LogP contribution in [-0.2, 0) is 6.42 Å². The van der Waals surface area contributed by atoms with E-state index in [1.54, 1.807) is 6.07 Å². The first-order valence-corrected chi connectivity index (χ1v) is 6.70. The molecule has 0 fully saturated rings. The molecule has 0 aliphatic carbocycles. The summed E-state index contributed by atoms with van der Waals surface area (Å²) in [6, 6.07) is 12.2. The highest BCUT2D eigenvalue weighted by molar-refractivity contribution is 6.18. The van der Waals surface area contributed by atoms with Gasteiger partial charge in [0.2, 0.25) is 0 Å². The summed E-state index contributed by atoms with van der Waals surface area (Å²) in [6.07, 6.45) is 0.399. The smallest absolute Gasteiger partial charge is 0.162 e. The lowest BCUT2D eigenvalue weighted by atomic mass is 9.93. The van der Waals surface area contributed by atoms with Crippen molar-refractivity contribution in [3.63, 3.8) is 0 Å². The van der Waals surface area contributed by atoms with Crippen molar-refractivity contribution < 1.29 is 8.78 Å². The Labute approximate surface area is 117 Å². The molecule has 0 bridgehead atoms. The molecule has 0 radical (unpaired) electrons. The van der Waals surface area contributed by atoms with Gasteiger partial charge in [-0.2, -0.15) is 0 Å². The van der Waals surface area contributed by atoms with Crippen molar-refractivity contribution in [3.8, 4) is 0 Å². The molecule has 100 valence electrons. The molecule has 1 atom stereocenters. The fraction of sp³-hybridized carbons (Fsp3) is 0.250. The second kappa shape index (κ2) is 6.16. The molecule has 1 unspecified atom stereocenters. The summed E-state index contributed by atoms with van der Waals surface area (Å²) in [5, 5.41) is 0. The Morgan fingerprint density at radius 3 is 2.37 bits per heavy atom. The monoisotopic (exact) mass is 280 g/mol. The highest BCUT2D eigenvalue weighted by Crippen LogP contribution is 2.24. The topological polar surface area (TPSA) is 0 Å². The Morgan fingerprint density at radius 2 is 1.74 bits per heavy atom. The number of aryl methyl sites for hydroxylation is 1. The van der Waals surface area contributed by atoms with E-state index in [9.17, 15) is 8.78 Å². The minimum atomic E-state index is -0.810. The highest BCUT2D eigenvalue weighted by atomic mass is 35.5. The van der Waals surface area contributed by atoms with Crippen molar-refractivity contribution in [2.45, 2.75) is 19.3 Å². The molecule has 19 heavy (non-hydrogen) atoms. The second-order valence-electron chi connectivity index (χ2n) is 4.68. The van der Waals surface area contributed by atoms with Crippen molar-refractivity contribution in [3.05, 3.63) is 70.8 Å². The first-order valence-electron chi connectivity index (χ1n) is 6.17. The zero-order chi connectivity index (χ0) is 13.8. The van der Waals surface area contributed by atoms with Gasteiger partial charge < -0.3 is 0 Å². The molecule has 0 aliphatic rings. The highest BCUT2D eigenvalue weighted by Gasteiger charge is 2.15. The lowest BCUT2D eigenvalue weighted by molar-refractivity contribution is 0.495. The van der Waals surface area contributed by atoms with Gasteiger partial charge in [0.1, 0.15) is 0 Å². The third kappa shape index (κ3) is 3.32. The van der Waals surface area contributed by atoms with Crippen LogP contribution in [0.4, 0.5) is 8.78 Å². The maximum atomic E-state index is 13.7. The van der Waals surface area contributed by atoms with Gasteiger partial charge in [0, 0.05) is 11.8 Å². The van der Waals surface area contributed by atoms with Crippen LogP contribution in [0.3, 0.4) is 0 Å². The maximum Gasteiger partial charge on any atom is 0.162 e. The molecule has 0 nitrogen and oxygen atoms in total. The van der Waals surface area contributed by atoms with Crippen LogP contribution >= 0.6 is 11.6 Å². The predicted molar refractivity (Wildman–Crippen MR) is 74.7 cm³/mol. The molecular weight excluding hydrogens is 266 g/mol. The van der Waals surface area contributed by atoms with E-state index in [0.29, 0.717) is 17.9 Å². The Balaban J connectivity index is 2.24. The van der Waals surface area contributed by atoms with E-state index >= 15 is 0 Å². The standard InChI is InChI=1S/C16H15ClF2/c1-11-5-7-12(8-6-11)14(10-17)9-13-3-2-4-15(18)16(13)19/h2-8,14H,9-10H2,1H3. The van der Waals surface area contributed by atoms with Crippen LogP contribution in [0.5, 0.6) is 0 Å². The number of benzene rings is 2. The van der Waals surface area contributed by atoms with E-state index in [-0.39, 0.29) is 5.92 Å². The van der Waals surface area contributed by atoms with Crippen molar-refractivity contribution in [1.82, 2.24) is 0 Å². The molecule has 0 N–H and O–H groups in total. The maximum absolute atomic E-state index is 13.7. The van der Waals surface area contributed by atoms with E-state index in [2.05, 4.69) is 0 Å². The first-order chi connectivity index (χ1) is 9.11. The van der Waals surface area contributed by atoms with E-state index in [0.717, 1.165) is 17.2 Å². The quantitative estimate of drug-likeness (QED) is 0.703. The summed E-state index contributed by atoms with van der Waals surface area (Å²) < 4.78 is 26.8. The lowest BCUT2D eigenvalue weighted by Gasteiger charge is -2.15. The fourth-order valence-corrected chi connectivity index (χ4v) is 2.36. The van der Waals surface area contributed by atoms with E-state index in [1.807, 2.05) is 31.2 Å². The summed E-state index contributed by atoms with van der Waals surface area (Å²) in [5.41, 5.74) is 2.57. The summed E-state index contributed by atoms with van der Waals surface area (Å²) in [6.45, 7) is 2.01. The van der Waals surface area contributed by atoms with Crippen LogP contribution in [0.2, 0.25) is 0 Å². The lowest BCUT2D eigenvalue weighted by Crippen LogP contribution is -2.07. The summed E-state index contributed by atoms with van der Waals surface area (Å²) in [7, 11) is 0. The summed E-state index contributed by atoms with van der Waals surface area (Å²) >= 11 is 5.97. The molecule has 0 saturated heterocycles. The molecule has 0 amide bonds. The second-order valence-corrected chi connectivity index (χ2v) is 4.99. The van der Waals surface area contributed by atoms with Gasteiger partial charge in [-0.1, -0.05) is 42.0 Å². The Bertz CT molecular complexity index is 549. The van der Waals surface area contributed by atoms with Gasteiger partial charge >= 0.3 is 0 Å². The van der Waals surface area contributed by atoms with E-state index in [4.69, 9.17) is 11.6 Å². The molecule has 3 heteroatoms. The summed E-state index contributed by atoms with van der Waals surface area (Å²) in [4.78, 5) is 0. The van der Waals surface area contributed by atoms with Gasteiger partial charge in [-0.05, 0) is 30.5 Å². The predicted octanol–water partition coefficient (Wildman–Crippen LogP) is 4.84. The molecule has 2 rings (SSSR count). The number of hydrogen-bond acceptors (Lipinski definition) is 0. The van der Waals surface area contributed by atoms with Crippen LogP contribution < -0.4 is 0 Å². The molecule has 0 aliphatic heterocycles. The van der Waals surface area contributed by atoms with Gasteiger partial charge in [-0.15, -0.1) is 11.6 Å². The summed E-state index contributed by atoms with van der Waals surface area (Å²) in [5.74, 6) is -1.23. The number of alkyl halides is 1. The van der Waals surface area contributed by atoms with Crippen molar-refractivity contribution in [1.29, 1.82) is 0 Å². The molecule has 0 saturated carbocycles. The Kier molecular flexibility index (Phi) is 4.54. The van der Waals surface area contributed by atoms with Crippen LogP contribution in [0.25, 0.3) is 0 Å². The minimum Gasteiger partial charge on any atom is -0.204 e. The zero-order valence-electron chi connectivity index (χ0n) is 10.7. The first kappa shape index (κ1) is 14.0. The molecular formula is C16H15ClF2. The zero-order valence-corrected chi connectivity index (χ0v) is 11.4. The third-order valence-electron chi connectivity index (χ3n) is 3.23. The van der Waals surface area contributed by atoms with Crippen molar-refractivity contribution in [2.75, 3.05) is 5.88 Å². The number of halogens is 3. The van der Waals surface area contributed by atoms with Crippen LogP contribution in [0, 0.1) is 18.6 Å². The van der Waals surface area contributed by atoms with Crippen molar-refractivity contribution in [2.24, 2.45) is 0 Å². The van der Waals surface area contributed by atoms with Crippen molar-refractivity contribution >= 4 is 11.6 Å². The Morgan fingerprint density at radius 1 is 1.05 bits per heavy atom. The van der Waals surface area contributed by atoms with Crippen LogP contribution in [-0.4, -0.2) is 5.88 Å². The number of rotatable bonds is 4. The third-order valence-corrected chi connectivity index (χ3v) is 3.61. The average molecular weight is 281 g/mol. The van der Waals surface area contributed by atoms with Crippen LogP contribution in [0.1, 0.15) is 22.6 Å². The number of hydrogen-bond donors (Lipinski definition) is 0. The largest absolute Gasteiger partial charge is 0.204 e. The molecule has 2 aromatic carbocycles. The van der Waals surface area contributed by atoms with E-state index < -0.39 is 11.6 Å². The van der Waals surface area contributed by atoms with Crippen LogP contribution in [0.15, 0.2) is 42.5 Å². The molecule has 2 aromatic rings. The van der Waals surface area contributed by atoms with Gasteiger partial charge in [-0.25, -0.2) is 8.78 Å². The van der Waals surface area contributed by atoms with Gasteiger partial charge in [-0.3, -0.25) is 0 Å². The average Bonchev–Trinajstić information content (AvgIpc) is 2.42. The van der Waals surface area contributed by atoms with E-state index in [1.165, 1.54) is 6.07 Å².